The number of carboxylic acids is 1. The molecule has 0 radical (unpaired) electrons. The largest absolute Gasteiger partial charge is 0.478 e. The molecular weight excluding hydrogens is 464 g/mol. The molecule has 0 saturated heterocycles. The van der Waals surface area contributed by atoms with E-state index in [1.54, 1.807) is 24.3 Å². The first-order valence-electron chi connectivity index (χ1n) is 11.6. The van der Waals surface area contributed by atoms with Crippen LogP contribution in [0.4, 0.5) is 0 Å². The summed E-state index contributed by atoms with van der Waals surface area (Å²) in [6.07, 6.45) is -0.159. The van der Waals surface area contributed by atoms with Crippen LogP contribution in [0.25, 0.3) is 0 Å². The molecule has 0 heterocycles. The van der Waals surface area contributed by atoms with E-state index in [1.807, 2.05) is 27.7 Å². The molecule has 2 aromatic rings. The van der Waals surface area contributed by atoms with E-state index in [2.05, 4.69) is 25.5 Å². The maximum atomic E-state index is 12.2. The summed E-state index contributed by atoms with van der Waals surface area (Å²) in [5, 5.41) is 8.56. The molecular formula is C28H36O8. The topological polar surface area (TPSA) is 116 Å². The van der Waals surface area contributed by atoms with Crippen LogP contribution in [0.3, 0.4) is 0 Å². The summed E-state index contributed by atoms with van der Waals surface area (Å²) >= 11 is 0. The average Bonchev–Trinajstić information content (AvgIpc) is 2.82. The Morgan fingerprint density at radius 3 is 1.44 bits per heavy atom. The van der Waals surface area contributed by atoms with E-state index < -0.39 is 23.5 Å². The summed E-state index contributed by atoms with van der Waals surface area (Å²) in [7, 11) is 1.27. The third-order valence-electron chi connectivity index (χ3n) is 5.39. The van der Waals surface area contributed by atoms with Crippen molar-refractivity contribution in [3.63, 3.8) is 0 Å². The molecule has 0 aliphatic rings. The Labute approximate surface area is 212 Å². The van der Waals surface area contributed by atoms with Gasteiger partial charge in [0.05, 0.1) is 29.4 Å². The van der Waals surface area contributed by atoms with E-state index >= 15 is 0 Å². The maximum Gasteiger partial charge on any atom is 0.338 e. The van der Waals surface area contributed by atoms with Crippen LogP contribution in [-0.2, 0) is 14.2 Å². The van der Waals surface area contributed by atoms with E-state index in [1.165, 1.54) is 31.4 Å². The standard InChI is InChI=1S/C19H28O4.C9H8O4/c1-12(2)13(3)14(4)22-17(20)15-8-10-16(11-9-15)18(21)23-19(5,6)7;1-13-9(12)7-4-2-6(3-5-7)8(10)11/h8-14H,1-7H3;2-5H,1H3,(H,10,11). The van der Waals surface area contributed by atoms with Crippen LogP contribution in [0.15, 0.2) is 48.5 Å². The molecule has 0 aliphatic heterocycles. The van der Waals surface area contributed by atoms with Gasteiger partial charge in [0.25, 0.3) is 0 Å². The quantitative estimate of drug-likeness (QED) is 0.383. The predicted octanol–water partition coefficient (Wildman–Crippen LogP) is 5.65. The number of carboxylic acid groups (broad SMARTS) is 1. The Balaban J connectivity index is 0.000000420. The molecule has 2 aromatic carbocycles. The number of hydrogen-bond donors (Lipinski definition) is 1. The fourth-order valence-corrected chi connectivity index (χ4v) is 2.83. The van der Waals surface area contributed by atoms with E-state index in [0.717, 1.165) is 0 Å². The minimum atomic E-state index is -1.02. The van der Waals surface area contributed by atoms with Gasteiger partial charge in [0.2, 0.25) is 0 Å². The number of carbonyl (C=O) groups is 4. The second-order valence-corrected chi connectivity index (χ2v) is 9.67. The molecule has 196 valence electrons. The van der Waals surface area contributed by atoms with Gasteiger partial charge in [-0.2, -0.15) is 0 Å². The summed E-state index contributed by atoms with van der Waals surface area (Å²) in [6, 6.07) is 11.9. The van der Waals surface area contributed by atoms with Crippen molar-refractivity contribution in [3.05, 3.63) is 70.8 Å². The third-order valence-corrected chi connectivity index (χ3v) is 5.39. The van der Waals surface area contributed by atoms with Gasteiger partial charge in [0, 0.05) is 0 Å². The lowest BCUT2D eigenvalue weighted by Gasteiger charge is -2.23. The van der Waals surface area contributed by atoms with Crippen LogP contribution >= 0.6 is 0 Å². The molecule has 36 heavy (non-hydrogen) atoms. The Kier molecular flexibility index (Phi) is 11.3. The molecule has 8 nitrogen and oxygen atoms in total. The van der Waals surface area contributed by atoms with Crippen LogP contribution in [0, 0.1) is 11.8 Å². The van der Waals surface area contributed by atoms with Crippen LogP contribution in [0.5, 0.6) is 0 Å². The number of rotatable bonds is 7. The van der Waals surface area contributed by atoms with Crippen LogP contribution < -0.4 is 0 Å². The third kappa shape index (κ3) is 9.90. The fourth-order valence-electron chi connectivity index (χ4n) is 2.83. The zero-order valence-corrected chi connectivity index (χ0v) is 22.2. The van der Waals surface area contributed by atoms with Crippen molar-refractivity contribution in [2.75, 3.05) is 7.11 Å². The van der Waals surface area contributed by atoms with Crippen molar-refractivity contribution in [2.45, 2.75) is 60.2 Å². The highest BCUT2D eigenvalue weighted by Gasteiger charge is 2.21. The first kappa shape index (κ1) is 30.4. The molecule has 0 fully saturated rings. The van der Waals surface area contributed by atoms with Gasteiger partial charge in [-0.05, 0) is 88.1 Å². The van der Waals surface area contributed by atoms with Gasteiger partial charge in [-0.15, -0.1) is 0 Å². The second kappa shape index (κ2) is 13.4. The molecule has 0 amide bonds. The molecule has 2 atom stereocenters. The zero-order valence-electron chi connectivity index (χ0n) is 22.2. The summed E-state index contributed by atoms with van der Waals surface area (Å²) in [6.45, 7) is 13.6. The summed E-state index contributed by atoms with van der Waals surface area (Å²) in [4.78, 5) is 45.5. The lowest BCUT2D eigenvalue weighted by molar-refractivity contribution is 0.00665. The van der Waals surface area contributed by atoms with Gasteiger partial charge < -0.3 is 19.3 Å². The highest BCUT2D eigenvalue weighted by Crippen LogP contribution is 2.19. The highest BCUT2D eigenvalue weighted by atomic mass is 16.6. The summed E-state index contributed by atoms with van der Waals surface area (Å²) < 4.78 is 15.2. The Hall–Kier alpha value is -3.68. The average molecular weight is 501 g/mol. The minimum Gasteiger partial charge on any atom is -0.478 e. The molecule has 0 aliphatic carbocycles. The number of carbonyl (C=O) groups excluding carboxylic acids is 3. The normalized spacial score (nSPS) is 12.5. The van der Waals surface area contributed by atoms with E-state index in [0.29, 0.717) is 22.6 Å². The Morgan fingerprint density at radius 2 is 1.08 bits per heavy atom. The van der Waals surface area contributed by atoms with Crippen LogP contribution in [0.1, 0.15) is 89.9 Å². The zero-order chi connectivity index (χ0) is 27.6. The van der Waals surface area contributed by atoms with E-state index in [-0.39, 0.29) is 23.6 Å². The molecule has 0 aromatic heterocycles. The van der Waals surface area contributed by atoms with Gasteiger partial charge in [-0.3, -0.25) is 0 Å². The molecule has 2 unspecified atom stereocenters. The first-order chi connectivity index (χ1) is 16.7. The first-order valence-corrected chi connectivity index (χ1v) is 11.6. The minimum absolute atomic E-state index is 0.146. The number of ether oxygens (including phenoxy) is 3. The fraction of sp³-hybridized carbons (Fsp3) is 0.429. The monoisotopic (exact) mass is 500 g/mol. The highest BCUT2D eigenvalue weighted by molar-refractivity contribution is 5.94. The van der Waals surface area contributed by atoms with Gasteiger partial charge >= 0.3 is 23.9 Å². The van der Waals surface area contributed by atoms with Gasteiger partial charge in [-0.1, -0.05) is 20.8 Å². The van der Waals surface area contributed by atoms with Crippen molar-refractivity contribution in [1.82, 2.24) is 0 Å². The van der Waals surface area contributed by atoms with Gasteiger partial charge in [0.15, 0.2) is 0 Å². The van der Waals surface area contributed by atoms with Crippen molar-refractivity contribution in [1.29, 1.82) is 0 Å². The number of hydrogen-bond acceptors (Lipinski definition) is 7. The predicted molar refractivity (Wildman–Crippen MR) is 135 cm³/mol. The molecule has 0 saturated carbocycles. The smallest absolute Gasteiger partial charge is 0.338 e. The number of aromatic carboxylic acids is 1. The summed E-state index contributed by atoms with van der Waals surface area (Å²) in [5.74, 6) is -1.55. The van der Waals surface area contributed by atoms with Gasteiger partial charge in [-0.25, -0.2) is 19.2 Å². The molecule has 2 rings (SSSR count). The van der Waals surface area contributed by atoms with E-state index in [4.69, 9.17) is 14.6 Å². The van der Waals surface area contributed by atoms with Crippen LogP contribution in [-0.4, -0.2) is 47.8 Å². The number of esters is 3. The maximum absolute atomic E-state index is 12.2. The lowest BCUT2D eigenvalue weighted by atomic mass is 9.93. The number of methoxy groups -OCH3 is 1. The molecule has 0 spiro atoms. The molecule has 8 heteroatoms. The van der Waals surface area contributed by atoms with E-state index in [9.17, 15) is 19.2 Å². The van der Waals surface area contributed by atoms with Crippen molar-refractivity contribution in [3.8, 4) is 0 Å². The molecule has 0 bridgehead atoms. The van der Waals surface area contributed by atoms with Crippen molar-refractivity contribution >= 4 is 23.9 Å². The van der Waals surface area contributed by atoms with Gasteiger partial charge in [0.1, 0.15) is 11.7 Å². The Bertz CT molecular complexity index is 1030. The molecule has 1 N–H and O–H groups in total. The van der Waals surface area contributed by atoms with Crippen molar-refractivity contribution < 1.29 is 38.5 Å². The number of benzene rings is 2. The summed E-state index contributed by atoms with van der Waals surface area (Å²) in [5.41, 5.74) is 0.789. The van der Waals surface area contributed by atoms with Crippen molar-refractivity contribution in [2.24, 2.45) is 11.8 Å². The second-order valence-electron chi connectivity index (χ2n) is 9.67. The Morgan fingerprint density at radius 1 is 0.694 bits per heavy atom. The lowest BCUT2D eigenvalue weighted by Crippen LogP contribution is -2.26. The van der Waals surface area contributed by atoms with Crippen LogP contribution in [0.2, 0.25) is 0 Å². The SMILES string of the molecule is CC(C)C(C)C(C)OC(=O)c1ccc(C(=O)OC(C)(C)C)cc1.COC(=O)c1ccc(C(=O)O)cc1.